The van der Waals surface area contributed by atoms with Crippen molar-refractivity contribution in [3.05, 3.63) is 0 Å². The van der Waals surface area contributed by atoms with Crippen LogP contribution in [0.4, 0.5) is 0 Å². The van der Waals surface area contributed by atoms with Crippen molar-refractivity contribution in [3.63, 3.8) is 0 Å². The highest BCUT2D eigenvalue weighted by molar-refractivity contribution is 4.78. The first-order valence-electron chi connectivity index (χ1n) is 9.59. The standard InChI is InChI=1S/C19H37NO/c1-16(2)14-17-8-6-9-18(15-17)20-12-7-13-21-19-10-4-3-5-11-19/h16-20H,3-15H2,1-2H3. The Morgan fingerprint density at radius 3 is 2.57 bits per heavy atom. The Hall–Kier alpha value is -0.0800. The topological polar surface area (TPSA) is 21.3 Å². The number of rotatable bonds is 8. The van der Waals surface area contributed by atoms with Crippen molar-refractivity contribution >= 4 is 0 Å². The quantitative estimate of drug-likeness (QED) is 0.642. The lowest BCUT2D eigenvalue weighted by molar-refractivity contribution is 0.0269. The van der Waals surface area contributed by atoms with Gasteiger partial charge in [0.25, 0.3) is 0 Å². The Labute approximate surface area is 132 Å². The molecule has 124 valence electrons. The molecular weight excluding hydrogens is 258 g/mol. The van der Waals surface area contributed by atoms with Crippen LogP contribution < -0.4 is 5.32 Å². The van der Waals surface area contributed by atoms with Gasteiger partial charge >= 0.3 is 0 Å². The molecule has 2 heteroatoms. The molecule has 2 aliphatic rings. The highest BCUT2D eigenvalue weighted by Crippen LogP contribution is 2.29. The van der Waals surface area contributed by atoms with Gasteiger partial charge in [-0.1, -0.05) is 46.0 Å². The lowest BCUT2D eigenvalue weighted by Crippen LogP contribution is -2.35. The van der Waals surface area contributed by atoms with E-state index in [9.17, 15) is 0 Å². The van der Waals surface area contributed by atoms with Crippen molar-refractivity contribution in [3.8, 4) is 0 Å². The Kier molecular flexibility index (Phi) is 8.10. The Morgan fingerprint density at radius 2 is 1.81 bits per heavy atom. The molecule has 2 nitrogen and oxygen atoms in total. The molecule has 2 fully saturated rings. The van der Waals surface area contributed by atoms with Crippen LogP contribution in [0.25, 0.3) is 0 Å². The van der Waals surface area contributed by atoms with Crippen LogP contribution in [0.2, 0.25) is 0 Å². The summed E-state index contributed by atoms with van der Waals surface area (Å²) in [4.78, 5) is 0. The predicted molar refractivity (Wildman–Crippen MR) is 90.6 cm³/mol. The second-order valence-electron chi connectivity index (χ2n) is 7.80. The smallest absolute Gasteiger partial charge is 0.0575 e. The molecule has 0 heterocycles. The molecule has 2 aliphatic carbocycles. The highest BCUT2D eigenvalue weighted by Gasteiger charge is 2.22. The molecule has 0 aromatic rings. The van der Waals surface area contributed by atoms with Gasteiger partial charge in [0.2, 0.25) is 0 Å². The van der Waals surface area contributed by atoms with Crippen LogP contribution in [0.15, 0.2) is 0 Å². The summed E-state index contributed by atoms with van der Waals surface area (Å²) in [5.74, 6) is 1.83. The van der Waals surface area contributed by atoms with E-state index in [1.807, 2.05) is 0 Å². The average Bonchev–Trinajstić information content (AvgIpc) is 2.48. The summed E-state index contributed by atoms with van der Waals surface area (Å²) in [6.45, 7) is 6.82. The van der Waals surface area contributed by atoms with Crippen molar-refractivity contribution < 1.29 is 4.74 Å². The lowest BCUT2D eigenvalue weighted by atomic mass is 9.81. The van der Waals surface area contributed by atoms with E-state index < -0.39 is 0 Å². The predicted octanol–water partition coefficient (Wildman–Crippen LogP) is 4.92. The van der Waals surface area contributed by atoms with E-state index in [1.165, 1.54) is 70.6 Å². The minimum Gasteiger partial charge on any atom is -0.378 e. The third-order valence-corrected chi connectivity index (χ3v) is 5.25. The van der Waals surface area contributed by atoms with E-state index in [1.54, 1.807) is 0 Å². The molecule has 0 radical (unpaired) electrons. The summed E-state index contributed by atoms with van der Waals surface area (Å²) >= 11 is 0. The van der Waals surface area contributed by atoms with Gasteiger partial charge in [-0.05, 0) is 56.9 Å². The van der Waals surface area contributed by atoms with Crippen LogP contribution in [0.1, 0.15) is 84.5 Å². The van der Waals surface area contributed by atoms with E-state index in [2.05, 4.69) is 19.2 Å². The summed E-state index contributed by atoms with van der Waals surface area (Å²) in [5.41, 5.74) is 0. The first kappa shape index (κ1) is 17.3. The van der Waals surface area contributed by atoms with Crippen molar-refractivity contribution in [2.45, 2.75) is 96.6 Å². The maximum atomic E-state index is 6.01. The summed E-state index contributed by atoms with van der Waals surface area (Å²) in [7, 11) is 0. The van der Waals surface area contributed by atoms with Crippen molar-refractivity contribution in [2.24, 2.45) is 11.8 Å². The molecule has 0 amide bonds. The number of ether oxygens (including phenoxy) is 1. The largest absolute Gasteiger partial charge is 0.378 e. The van der Waals surface area contributed by atoms with Crippen LogP contribution in [-0.4, -0.2) is 25.3 Å². The Morgan fingerprint density at radius 1 is 1.00 bits per heavy atom. The van der Waals surface area contributed by atoms with Crippen LogP contribution in [0.3, 0.4) is 0 Å². The molecular formula is C19H37NO. The summed E-state index contributed by atoms with van der Waals surface area (Å²) in [6.07, 6.45) is 15.6. The van der Waals surface area contributed by atoms with Gasteiger partial charge in [0, 0.05) is 12.6 Å². The normalized spacial score (nSPS) is 28.1. The second-order valence-corrected chi connectivity index (χ2v) is 7.80. The Balaban J connectivity index is 1.49. The number of nitrogens with one attached hydrogen (secondary N) is 1. The zero-order valence-corrected chi connectivity index (χ0v) is 14.4. The fourth-order valence-corrected chi connectivity index (χ4v) is 4.22. The fraction of sp³-hybridized carbons (Fsp3) is 1.00. The van der Waals surface area contributed by atoms with Crippen LogP contribution in [0.5, 0.6) is 0 Å². The van der Waals surface area contributed by atoms with Crippen molar-refractivity contribution in [1.82, 2.24) is 5.32 Å². The molecule has 0 aromatic heterocycles. The third-order valence-electron chi connectivity index (χ3n) is 5.25. The zero-order valence-electron chi connectivity index (χ0n) is 14.4. The van der Waals surface area contributed by atoms with Gasteiger partial charge in [-0.3, -0.25) is 0 Å². The molecule has 2 saturated carbocycles. The lowest BCUT2D eigenvalue weighted by Gasteiger charge is -2.31. The SMILES string of the molecule is CC(C)CC1CCCC(NCCCOC2CCCCC2)C1. The first-order chi connectivity index (χ1) is 10.2. The van der Waals surface area contributed by atoms with Crippen LogP contribution in [0, 0.1) is 11.8 Å². The van der Waals surface area contributed by atoms with Gasteiger partial charge in [0.1, 0.15) is 0 Å². The maximum Gasteiger partial charge on any atom is 0.0575 e. The van der Waals surface area contributed by atoms with Crippen molar-refractivity contribution in [2.75, 3.05) is 13.2 Å². The van der Waals surface area contributed by atoms with E-state index in [-0.39, 0.29) is 0 Å². The Bertz CT molecular complexity index is 260. The highest BCUT2D eigenvalue weighted by atomic mass is 16.5. The van der Waals surface area contributed by atoms with Gasteiger partial charge in [-0.2, -0.15) is 0 Å². The number of hydrogen-bond donors (Lipinski definition) is 1. The van der Waals surface area contributed by atoms with Crippen LogP contribution in [-0.2, 0) is 4.74 Å². The van der Waals surface area contributed by atoms with Gasteiger partial charge in [0.05, 0.1) is 6.10 Å². The molecule has 21 heavy (non-hydrogen) atoms. The number of hydrogen-bond acceptors (Lipinski definition) is 2. The molecule has 2 atom stereocenters. The van der Waals surface area contributed by atoms with Crippen LogP contribution >= 0.6 is 0 Å². The van der Waals surface area contributed by atoms with Gasteiger partial charge < -0.3 is 10.1 Å². The van der Waals surface area contributed by atoms with E-state index in [4.69, 9.17) is 4.74 Å². The van der Waals surface area contributed by atoms with Gasteiger partial charge in [-0.25, -0.2) is 0 Å². The van der Waals surface area contributed by atoms with E-state index in [0.29, 0.717) is 6.10 Å². The minimum atomic E-state index is 0.573. The van der Waals surface area contributed by atoms with Crippen molar-refractivity contribution in [1.29, 1.82) is 0 Å². The average molecular weight is 296 g/mol. The molecule has 1 N–H and O–H groups in total. The molecule has 0 aliphatic heterocycles. The molecule has 2 rings (SSSR count). The second kappa shape index (κ2) is 9.84. The zero-order chi connectivity index (χ0) is 14.9. The molecule has 0 bridgehead atoms. The maximum absolute atomic E-state index is 6.01. The fourth-order valence-electron chi connectivity index (χ4n) is 4.22. The first-order valence-corrected chi connectivity index (χ1v) is 9.59. The van der Waals surface area contributed by atoms with E-state index in [0.717, 1.165) is 31.0 Å². The van der Waals surface area contributed by atoms with Gasteiger partial charge in [0.15, 0.2) is 0 Å². The molecule has 2 unspecified atom stereocenters. The summed E-state index contributed by atoms with van der Waals surface area (Å²) < 4.78 is 6.01. The summed E-state index contributed by atoms with van der Waals surface area (Å²) in [6, 6.07) is 0.775. The summed E-state index contributed by atoms with van der Waals surface area (Å²) in [5, 5.41) is 3.78. The van der Waals surface area contributed by atoms with Gasteiger partial charge in [-0.15, -0.1) is 0 Å². The molecule has 0 aromatic carbocycles. The monoisotopic (exact) mass is 295 g/mol. The van der Waals surface area contributed by atoms with E-state index >= 15 is 0 Å². The third kappa shape index (κ3) is 7.15. The minimum absolute atomic E-state index is 0.573. The molecule has 0 spiro atoms. The molecule has 0 saturated heterocycles.